The van der Waals surface area contributed by atoms with Gasteiger partial charge in [-0.25, -0.2) is 4.79 Å². The summed E-state index contributed by atoms with van der Waals surface area (Å²) in [7, 11) is 0. The van der Waals surface area contributed by atoms with Gasteiger partial charge in [-0.1, -0.05) is 61.4 Å². The van der Waals surface area contributed by atoms with E-state index in [-0.39, 0.29) is 43.1 Å². The van der Waals surface area contributed by atoms with E-state index in [0.717, 1.165) is 17.6 Å². The van der Waals surface area contributed by atoms with Gasteiger partial charge < -0.3 is 39.0 Å². The minimum atomic E-state index is -1.92. The minimum Gasteiger partial charge on any atom is -0.462 e. The molecule has 0 aromatic carbocycles. The smallest absolute Gasteiger partial charge is 0.331 e. The highest BCUT2D eigenvalue weighted by Gasteiger charge is 2.61. The standard InChI is InChI=1S/C39H54O10/c1-8-25(6)35-26(7)16-32(40)38(49-35)19-30-18-29(48-38)13-12-24(5)15-23(4)10-9-11-28-21-46-36-34(42)27(20-45-33(41)14-22(2)3)17-31(37(43)47-30)39(28,36)44/h8-12,14,17,23,26,29-32,34-36,40,42,44H,13,15-16,18-21H2,1-7H3/b10-9+,24-12+,25-8+,28-11+/t23-,26-,29+,30+,31-,32+,34+,35+,36+,38-,39+/m0/s1. The highest BCUT2D eigenvalue weighted by molar-refractivity contribution is 5.83. The summed E-state index contributed by atoms with van der Waals surface area (Å²) in [4.78, 5) is 26.7. The molecule has 3 saturated heterocycles. The normalized spacial score (nSPS) is 42.8. The van der Waals surface area contributed by atoms with Crippen LogP contribution in [0.2, 0.25) is 0 Å². The Balaban J connectivity index is 1.54. The number of carbonyl (C=O) groups is 2. The van der Waals surface area contributed by atoms with Crippen molar-refractivity contribution in [1.82, 2.24) is 0 Å². The summed E-state index contributed by atoms with van der Waals surface area (Å²) in [6.45, 7) is 13.4. The van der Waals surface area contributed by atoms with Crippen molar-refractivity contribution in [2.45, 2.75) is 129 Å². The number of fused-ring (bicyclic) bond motifs is 2. The molecule has 5 rings (SSSR count). The molecular formula is C39H54O10. The van der Waals surface area contributed by atoms with Gasteiger partial charge in [0.2, 0.25) is 0 Å². The lowest BCUT2D eigenvalue weighted by atomic mass is 9.70. The zero-order valence-corrected chi connectivity index (χ0v) is 29.9. The summed E-state index contributed by atoms with van der Waals surface area (Å²) in [5, 5.41) is 35.3. The third-order valence-electron chi connectivity index (χ3n) is 10.6. The number of aliphatic hydroxyl groups excluding tert-OH is 2. The predicted molar refractivity (Wildman–Crippen MR) is 183 cm³/mol. The molecule has 3 N–H and O–H groups in total. The van der Waals surface area contributed by atoms with Gasteiger partial charge in [0, 0.05) is 18.9 Å². The first kappa shape index (κ1) is 37.4. The van der Waals surface area contributed by atoms with Crippen LogP contribution in [0.1, 0.15) is 80.6 Å². The molecule has 0 aromatic rings. The topological polar surface area (TPSA) is 141 Å². The number of ether oxygens (including phenoxy) is 5. The third kappa shape index (κ3) is 7.90. The largest absolute Gasteiger partial charge is 0.462 e. The van der Waals surface area contributed by atoms with Crippen LogP contribution in [0, 0.1) is 17.8 Å². The molecule has 49 heavy (non-hydrogen) atoms. The maximum absolute atomic E-state index is 14.3. The number of rotatable bonds is 4. The molecule has 0 aromatic heterocycles. The quantitative estimate of drug-likeness (QED) is 0.212. The summed E-state index contributed by atoms with van der Waals surface area (Å²) in [5.74, 6) is -3.76. The van der Waals surface area contributed by atoms with Crippen molar-refractivity contribution < 1.29 is 48.6 Å². The van der Waals surface area contributed by atoms with Crippen LogP contribution >= 0.6 is 0 Å². The first-order valence-corrected chi connectivity index (χ1v) is 17.6. The second kappa shape index (κ2) is 15.2. The Morgan fingerprint density at radius 1 is 1.12 bits per heavy atom. The van der Waals surface area contributed by atoms with Gasteiger partial charge in [0.15, 0.2) is 5.79 Å². The van der Waals surface area contributed by atoms with Crippen LogP contribution < -0.4 is 0 Å². The van der Waals surface area contributed by atoms with Crippen LogP contribution in [-0.2, 0) is 33.3 Å². The van der Waals surface area contributed by atoms with Gasteiger partial charge >= 0.3 is 11.9 Å². The number of hydrogen-bond acceptors (Lipinski definition) is 10. The summed E-state index contributed by atoms with van der Waals surface area (Å²) in [5.41, 5.74) is 1.71. The molecule has 4 aliphatic heterocycles. The fourth-order valence-electron chi connectivity index (χ4n) is 7.90. The number of carbonyl (C=O) groups excluding carboxylic acids is 2. The molecule has 2 bridgehead atoms. The Bertz CT molecular complexity index is 1450. The van der Waals surface area contributed by atoms with E-state index in [1.807, 2.05) is 39.0 Å². The van der Waals surface area contributed by atoms with Crippen molar-refractivity contribution >= 4 is 11.9 Å². The summed E-state index contributed by atoms with van der Waals surface area (Å²) >= 11 is 0. The van der Waals surface area contributed by atoms with E-state index < -0.39 is 59.8 Å². The lowest BCUT2D eigenvalue weighted by Gasteiger charge is -2.52. The second-order valence-electron chi connectivity index (χ2n) is 14.9. The zero-order valence-electron chi connectivity index (χ0n) is 29.9. The average molecular weight is 683 g/mol. The Morgan fingerprint density at radius 3 is 2.59 bits per heavy atom. The second-order valence-corrected chi connectivity index (χ2v) is 14.9. The fourth-order valence-corrected chi connectivity index (χ4v) is 7.90. The first-order chi connectivity index (χ1) is 23.2. The highest BCUT2D eigenvalue weighted by atomic mass is 16.7. The van der Waals surface area contributed by atoms with Gasteiger partial charge in [-0.05, 0) is 82.4 Å². The molecule has 5 aliphatic rings. The lowest BCUT2D eigenvalue weighted by molar-refractivity contribution is -0.363. The van der Waals surface area contributed by atoms with Gasteiger partial charge in [0.1, 0.15) is 42.5 Å². The molecule has 1 aliphatic carbocycles. The Labute approximate surface area is 290 Å². The molecule has 10 heteroatoms. The van der Waals surface area contributed by atoms with Crippen molar-refractivity contribution in [3.05, 3.63) is 70.4 Å². The number of aliphatic hydroxyl groups is 3. The Hall–Kier alpha value is -2.86. The molecule has 0 saturated carbocycles. The van der Waals surface area contributed by atoms with E-state index in [1.165, 1.54) is 17.7 Å². The molecule has 11 atom stereocenters. The van der Waals surface area contributed by atoms with Crippen LogP contribution in [0.3, 0.4) is 0 Å². The van der Waals surface area contributed by atoms with Crippen LogP contribution in [-0.4, -0.2) is 88.5 Å². The number of allylic oxidation sites excluding steroid dienone is 6. The van der Waals surface area contributed by atoms with Crippen molar-refractivity contribution in [2.75, 3.05) is 13.2 Å². The summed E-state index contributed by atoms with van der Waals surface area (Å²) in [6, 6.07) is 0. The van der Waals surface area contributed by atoms with E-state index in [4.69, 9.17) is 23.7 Å². The molecule has 0 amide bonds. The van der Waals surface area contributed by atoms with Crippen molar-refractivity contribution in [3.8, 4) is 0 Å². The molecule has 10 nitrogen and oxygen atoms in total. The van der Waals surface area contributed by atoms with E-state index in [1.54, 1.807) is 19.9 Å². The molecule has 1 spiro atoms. The van der Waals surface area contributed by atoms with E-state index in [0.29, 0.717) is 24.8 Å². The van der Waals surface area contributed by atoms with Crippen molar-refractivity contribution in [2.24, 2.45) is 17.8 Å². The molecule has 0 unspecified atom stereocenters. The van der Waals surface area contributed by atoms with E-state index in [9.17, 15) is 24.9 Å². The van der Waals surface area contributed by atoms with Crippen LogP contribution in [0.5, 0.6) is 0 Å². The number of esters is 2. The maximum atomic E-state index is 14.3. The van der Waals surface area contributed by atoms with E-state index in [2.05, 4.69) is 19.9 Å². The SMILES string of the molecule is C/C=C(\C)[C@H]1O[C@@]2(C[C@H]3C[C@@H](C/C=C(\C)C[C@@H](C)/C=C/C=C4\CO[C@@H]5[C@H](O)C(COC(=O)C=C(C)C)=C[C@@H](C(=O)O3)[C@]45O)O2)[C@H](O)C[C@@H]1C. The molecule has 3 fully saturated rings. The first-order valence-electron chi connectivity index (χ1n) is 17.6. The summed E-state index contributed by atoms with van der Waals surface area (Å²) in [6.07, 6.45) is 9.93. The van der Waals surface area contributed by atoms with Gasteiger partial charge in [-0.2, -0.15) is 0 Å². The Morgan fingerprint density at radius 2 is 1.88 bits per heavy atom. The van der Waals surface area contributed by atoms with Crippen molar-refractivity contribution in [3.63, 3.8) is 0 Å². The Kier molecular flexibility index (Phi) is 11.6. The monoisotopic (exact) mass is 682 g/mol. The van der Waals surface area contributed by atoms with Gasteiger partial charge in [0.25, 0.3) is 0 Å². The van der Waals surface area contributed by atoms with Crippen LogP contribution in [0.15, 0.2) is 70.4 Å². The minimum absolute atomic E-state index is 0.00924. The predicted octanol–water partition coefficient (Wildman–Crippen LogP) is 4.94. The van der Waals surface area contributed by atoms with Gasteiger partial charge in [-0.15, -0.1) is 0 Å². The van der Waals surface area contributed by atoms with Gasteiger partial charge in [-0.3, -0.25) is 4.79 Å². The summed E-state index contributed by atoms with van der Waals surface area (Å²) < 4.78 is 30.9. The van der Waals surface area contributed by atoms with Gasteiger partial charge in [0.05, 0.1) is 18.8 Å². The van der Waals surface area contributed by atoms with Crippen molar-refractivity contribution in [1.29, 1.82) is 0 Å². The van der Waals surface area contributed by atoms with Crippen LogP contribution in [0.4, 0.5) is 0 Å². The zero-order chi connectivity index (χ0) is 35.7. The average Bonchev–Trinajstić information content (AvgIpc) is 3.37. The lowest BCUT2D eigenvalue weighted by Crippen LogP contribution is -2.62. The maximum Gasteiger partial charge on any atom is 0.331 e. The fraction of sp³-hybridized carbons (Fsp3) is 0.641. The molecule has 4 heterocycles. The molecular weight excluding hydrogens is 628 g/mol. The molecule has 0 radical (unpaired) electrons. The van der Waals surface area contributed by atoms with Crippen LogP contribution in [0.25, 0.3) is 0 Å². The number of hydrogen-bond donors (Lipinski definition) is 3. The van der Waals surface area contributed by atoms with E-state index >= 15 is 0 Å². The highest BCUT2D eigenvalue weighted by Crippen LogP contribution is 2.48. The third-order valence-corrected chi connectivity index (χ3v) is 10.6. The molecule has 270 valence electrons.